The standard InChI is InChI=1S/C19H20FN3O2/c1-23(2)19(25)22-17-5-3-4-15(12-17)13-21-18(24)11-8-14-6-9-16(20)10-7-14/h3-12H,13H2,1-2H3,(H,21,24)(H,22,25). The Labute approximate surface area is 146 Å². The highest BCUT2D eigenvalue weighted by molar-refractivity contribution is 5.91. The average Bonchev–Trinajstić information content (AvgIpc) is 2.59. The van der Waals surface area contributed by atoms with Crippen LogP contribution in [0.25, 0.3) is 6.08 Å². The number of nitrogens with one attached hydrogen (secondary N) is 2. The van der Waals surface area contributed by atoms with Crippen LogP contribution in [-0.2, 0) is 11.3 Å². The number of rotatable bonds is 5. The highest BCUT2D eigenvalue weighted by Crippen LogP contribution is 2.11. The van der Waals surface area contributed by atoms with Gasteiger partial charge >= 0.3 is 6.03 Å². The minimum atomic E-state index is -0.317. The summed E-state index contributed by atoms with van der Waals surface area (Å²) in [5, 5.41) is 5.51. The second kappa shape index (κ2) is 8.63. The molecular weight excluding hydrogens is 321 g/mol. The molecule has 0 radical (unpaired) electrons. The van der Waals surface area contributed by atoms with Crippen LogP contribution >= 0.6 is 0 Å². The van der Waals surface area contributed by atoms with Gasteiger partial charge in [-0.2, -0.15) is 0 Å². The summed E-state index contributed by atoms with van der Waals surface area (Å²) in [6, 6.07) is 12.9. The Morgan fingerprint density at radius 3 is 2.52 bits per heavy atom. The molecule has 0 aliphatic heterocycles. The van der Waals surface area contributed by atoms with Crippen LogP contribution in [0.3, 0.4) is 0 Å². The van der Waals surface area contributed by atoms with Gasteiger partial charge in [0, 0.05) is 32.4 Å². The fourth-order valence-corrected chi connectivity index (χ4v) is 1.99. The second-order valence-electron chi connectivity index (χ2n) is 5.63. The number of hydrogen-bond donors (Lipinski definition) is 2. The molecule has 0 heterocycles. The van der Waals surface area contributed by atoms with E-state index in [0.717, 1.165) is 11.1 Å². The van der Waals surface area contributed by atoms with Crippen molar-refractivity contribution in [3.8, 4) is 0 Å². The molecule has 2 N–H and O–H groups in total. The first kappa shape index (κ1) is 18.2. The van der Waals surface area contributed by atoms with Gasteiger partial charge in [0.25, 0.3) is 0 Å². The van der Waals surface area contributed by atoms with E-state index in [2.05, 4.69) is 10.6 Å². The molecule has 0 aliphatic carbocycles. The Hall–Kier alpha value is -3.15. The van der Waals surface area contributed by atoms with Crippen molar-refractivity contribution >= 4 is 23.7 Å². The number of amides is 3. The van der Waals surface area contributed by atoms with Crippen LogP contribution in [0.5, 0.6) is 0 Å². The molecule has 5 nitrogen and oxygen atoms in total. The molecule has 0 aliphatic rings. The molecule has 0 aromatic heterocycles. The molecule has 0 spiro atoms. The quantitative estimate of drug-likeness (QED) is 0.820. The lowest BCUT2D eigenvalue weighted by Crippen LogP contribution is -2.27. The smallest absolute Gasteiger partial charge is 0.321 e. The van der Waals surface area contributed by atoms with Crippen LogP contribution in [0.4, 0.5) is 14.9 Å². The lowest BCUT2D eigenvalue weighted by molar-refractivity contribution is -0.116. The maximum atomic E-state index is 12.8. The van der Waals surface area contributed by atoms with Crippen LogP contribution in [-0.4, -0.2) is 30.9 Å². The van der Waals surface area contributed by atoms with Gasteiger partial charge in [-0.05, 0) is 41.5 Å². The van der Waals surface area contributed by atoms with Crippen LogP contribution in [0.1, 0.15) is 11.1 Å². The van der Waals surface area contributed by atoms with Crippen molar-refractivity contribution < 1.29 is 14.0 Å². The summed E-state index contributed by atoms with van der Waals surface area (Å²) in [7, 11) is 3.32. The average molecular weight is 341 g/mol. The normalized spacial score (nSPS) is 10.5. The third-order valence-corrected chi connectivity index (χ3v) is 3.35. The molecule has 2 aromatic rings. The Morgan fingerprint density at radius 1 is 1.12 bits per heavy atom. The third-order valence-electron chi connectivity index (χ3n) is 3.35. The van der Waals surface area contributed by atoms with Crippen molar-refractivity contribution in [2.24, 2.45) is 0 Å². The summed E-state index contributed by atoms with van der Waals surface area (Å²) < 4.78 is 12.8. The fourth-order valence-electron chi connectivity index (χ4n) is 1.99. The van der Waals surface area contributed by atoms with Crippen molar-refractivity contribution in [3.05, 3.63) is 71.6 Å². The van der Waals surface area contributed by atoms with Gasteiger partial charge in [-0.25, -0.2) is 9.18 Å². The summed E-state index contributed by atoms with van der Waals surface area (Å²) in [5.41, 5.74) is 2.26. The number of hydrogen-bond acceptors (Lipinski definition) is 2. The van der Waals surface area contributed by atoms with E-state index in [9.17, 15) is 14.0 Å². The maximum absolute atomic E-state index is 12.8. The topological polar surface area (TPSA) is 61.4 Å². The largest absolute Gasteiger partial charge is 0.348 e. The van der Waals surface area contributed by atoms with Gasteiger partial charge in [0.05, 0.1) is 0 Å². The van der Waals surface area contributed by atoms with Crippen molar-refractivity contribution in [1.82, 2.24) is 10.2 Å². The third kappa shape index (κ3) is 6.10. The summed E-state index contributed by atoms with van der Waals surface area (Å²) in [6.07, 6.45) is 3.01. The van der Waals surface area contributed by atoms with Gasteiger partial charge in [-0.3, -0.25) is 4.79 Å². The first-order valence-corrected chi connectivity index (χ1v) is 7.73. The Morgan fingerprint density at radius 2 is 1.84 bits per heavy atom. The minimum Gasteiger partial charge on any atom is -0.348 e. The zero-order valence-electron chi connectivity index (χ0n) is 14.1. The number of nitrogens with zero attached hydrogens (tertiary/aromatic N) is 1. The molecule has 130 valence electrons. The van der Waals surface area contributed by atoms with Crippen LogP contribution in [0, 0.1) is 5.82 Å². The predicted octanol–water partition coefficient (Wildman–Crippen LogP) is 3.25. The van der Waals surface area contributed by atoms with E-state index >= 15 is 0 Å². The van der Waals surface area contributed by atoms with E-state index in [1.807, 2.05) is 6.07 Å². The Bertz CT molecular complexity index is 770. The summed E-state index contributed by atoms with van der Waals surface area (Å²) in [5.74, 6) is -0.574. The van der Waals surface area contributed by atoms with E-state index in [1.165, 1.54) is 23.1 Å². The molecule has 25 heavy (non-hydrogen) atoms. The van der Waals surface area contributed by atoms with Crippen molar-refractivity contribution in [2.45, 2.75) is 6.54 Å². The highest BCUT2D eigenvalue weighted by atomic mass is 19.1. The molecule has 3 amide bonds. The van der Waals surface area contributed by atoms with Crippen molar-refractivity contribution in [2.75, 3.05) is 19.4 Å². The van der Waals surface area contributed by atoms with Gasteiger partial charge in [-0.15, -0.1) is 0 Å². The Kier molecular flexibility index (Phi) is 6.28. The summed E-state index contributed by atoms with van der Waals surface area (Å²) >= 11 is 0. The van der Waals surface area contributed by atoms with Gasteiger partial charge in [0.1, 0.15) is 5.82 Å². The molecule has 0 saturated heterocycles. The van der Waals surface area contributed by atoms with Crippen molar-refractivity contribution in [3.63, 3.8) is 0 Å². The van der Waals surface area contributed by atoms with Gasteiger partial charge in [0.15, 0.2) is 0 Å². The first-order valence-electron chi connectivity index (χ1n) is 7.73. The zero-order chi connectivity index (χ0) is 18.2. The SMILES string of the molecule is CN(C)C(=O)Nc1cccc(CNC(=O)C=Cc2ccc(F)cc2)c1. The summed E-state index contributed by atoms with van der Waals surface area (Å²) in [4.78, 5) is 24.9. The lowest BCUT2D eigenvalue weighted by atomic mass is 10.2. The molecular formula is C19H20FN3O2. The molecule has 2 aromatic carbocycles. The number of carbonyl (C=O) groups excluding carboxylic acids is 2. The zero-order valence-corrected chi connectivity index (χ0v) is 14.1. The number of carbonyl (C=O) groups is 2. The number of urea groups is 1. The molecule has 0 fully saturated rings. The highest BCUT2D eigenvalue weighted by Gasteiger charge is 2.04. The summed E-state index contributed by atoms with van der Waals surface area (Å²) in [6.45, 7) is 0.332. The molecule has 0 atom stereocenters. The number of halogens is 1. The maximum Gasteiger partial charge on any atom is 0.321 e. The first-order chi connectivity index (χ1) is 11.9. The molecule has 6 heteroatoms. The van der Waals surface area contributed by atoms with Crippen LogP contribution in [0.2, 0.25) is 0 Å². The lowest BCUT2D eigenvalue weighted by Gasteiger charge is -2.12. The molecule has 0 unspecified atom stereocenters. The van der Waals surface area contributed by atoms with Crippen LogP contribution < -0.4 is 10.6 Å². The van der Waals surface area contributed by atoms with Gasteiger partial charge in [-0.1, -0.05) is 24.3 Å². The van der Waals surface area contributed by atoms with Gasteiger partial charge in [0.2, 0.25) is 5.91 Å². The minimum absolute atomic E-state index is 0.219. The van der Waals surface area contributed by atoms with E-state index in [0.29, 0.717) is 12.2 Å². The molecule has 2 rings (SSSR count). The van der Waals surface area contributed by atoms with E-state index < -0.39 is 0 Å². The van der Waals surface area contributed by atoms with E-state index in [1.54, 1.807) is 50.5 Å². The second-order valence-corrected chi connectivity index (χ2v) is 5.63. The number of benzene rings is 2. The molecule has 0 saturated carbocycles. The monoisotopic (exact) mass is 341 g/mol. The molecule has 0 bridgehead atoms. The Balaban J connectivity index is 1.89. The van der Waals surface area contributed by atoms with E-state index in [4.69, 9.17) is 0 Å². The predicted molar refractivity (Wildman–Crippen MR) is 96.4 cm³/mol. The van der Waals surface area contributed by atoms with E-state index in [-0.39, 0.29) is 17.8 Å². The number of anilines is 1. The fraction of sp³-hybridized carbons (Fsp3) is 0.158. The van der Waals surface area contributed by atoms with Gasteiger partial charge < -0.3 is 15.5 Å². The van der Waals surface area contributed by atoms with Crippen LogP contribution in [0.15, 0.2) is 54.6 Å². The van der Waals surface area contributed by atoms with Crippen molar-refractivity contribution in [1.29, 1.82) is 0 Å².